The van der Waals surface area contributed by atoms with E-state index in [1.54, 1.807) is 0 Å². The Morgan fingerprint density at radius 2 is 2.18 bits per heavy atom. The summed E-state index contributed by atoms with van der Waals surface area (Å²) in [7, 11) is 0. The number of aromatic nitrogens is 2. The summed E-state index contributed by atoms with van der Waals surface area (Å²) < 4.78 is 5.23. The van der Waals surface area contributed by atoms with Gasteiger partial charge in [0.05, 0.1) is 12.7 Å². The number of amides is 1. The molecular formula is C15H22N4O3. The van der Waals surface area contributed by atoms with Crippen LogP contribution in [-0.4, -0.2) is 58.0 Å². The van der Waals surface area contributed by atoms with Crippen molar-refractivity contribution in [2.24, 2.45) is 0 Å². The van der Waals surface area contributed by atoms with E-state index in [1.807, 2.05) is 25.7 Å². The molecule has 1 atom stereocenters. The van der Waals surface area contributed by atoms with Gasteiger partial charge in [0.25, 0.3) is 0 Å². The molecule has 0 radical (unpaired) electrons. The minimum Gasteiger partial charge on any atom is -0.444 e. The van der Waals surface area contributed by atoms with E-state index in [-0.39, 0.29) is 18.4 Å². The number of carbonyl (C=O) groups excluding carboxylic acids is 2. The number of nitrogens with zero attached hydrogens (tertiary/aromatic N) is 3. The highest BCUT2D eigenvalue weighted by molar-refractivity contribution is 5.95. The highest BCUT2D eigenvalue weighted by atomic mass is 16.6. The standard InChI is InChI=1S/C15H22N4O3/c1-15(2,3)22-14(21)18-11-4-7-19(9-11)10-13(20)12-8-16-5-6-17-12/h5-6,8,11H,4,7,9-10H2,1-3H3,(H,18,21). The number of carbonyl (C=O) groups is 2. The second-order valence-electron chi connectivity index (χ2n) is 6.38. The monoisotopic (exact) mass is 306 g/mol. The topological polar surface area (TPSA) is 84.4 Å². The molecule has 0 saturated carbocycles. The van der Waals surface area contributed by atoms with Crippen LogP contribution in [-0.2, 0) is 4.74 Å². The van der Waals surface area contributed by atoms with E-state index in [0.29, 0.717) is 12.2 Å². The molecule has 1 aromatic heterocycles. The molecule has 2 heterocycles. The summed E-state index contributed by atoms with van der Waals surface area (Å²) in [4.78, 5) is 33.7. The fourth-order valence-electron chi connectivity index (χ4n) is 2.30. The van der Waals surface area contributed by atoms with Crippen LogP contribution in [0.1, 0.15) is 37.7 Å². The van der Waals surface area contributed by atoms with Crippen molar-refractivity contribution in [3.8, 4) is 0 Å². The number of Topliss-reactive ketones (excluding diaryl/α,β-unsaturated/α-hetero) is 1. The van der Waals surface area contributed by atoms with E-state index >= 15 is 0 Å². The number of ether oxygens (including phenoxy) is 1. The molecule has 1 aromatic rings. The van der Waals surface area contributed by atoms with Crippen LogP contribution < -0.4 is 5.32 Å². The minimum absolute atomic E-state index is 0.00417. The summed E-state index contributed by atoms with van der Waals surface area (Å²) >= 11 is 0. The van der Waals surface area contributed by atoms with Gasteiger partial charge in [0.15, 0.2) is 5.78 Å². The van der Waals surface area contributed by atoms with Gasteiger partial charge in [0, 0.05) is 31.5 Å². The number of rotatable bonds is 4. The lowest BCUT2D eigenvalue weighted by atomic mass is 10.2. The quantitative estimate of drug-likeness (QED) is 0.843. The molecule has 0 aliphatic carbocycles. The molecule has 0 spiro atoms. The van der Waals surface area contributed by atoms with Gasteiger partial charge in [0.2, 0.25) is 0 Å². The second kappa shape index (κ2) is 6.83. The predicted molar refractivity (Wildman–Crippen MR) is 80.6 cm³/mol. The van der Waals surface area contributed by atoms with Crippen molar-refractivity contribution in [2.45, 2.75) is 38.8 Å². The molecule has 7 heteroatoms. The van der Waals surface area contributed by atoms with Crippen LogP contribution in [0.2, 0.25) is 0 Å². The summed E-state index contributed by atoms with van der Waals surface area (Å²) in [5, 5.41) is 2.84. The van der Waals surface area contributed by atoms with Gasteiger partial charge in [-0.2, -0.15) is 0 Å². The van der Waals surface area contributed by atoms with Gasteiger partial charge in [-0.3, -0.25) is 14.7 Å². The first-order chi connectivity index (χ1) is 10.3. The zero-order chi connectivity index (χ0) is 16.2. The van der Waals surface area contributed by atoms with Crippen molar-refractivity contribution in [3.05, 3.63) is 24.3 Å². The largest absolute Gasteiger partial charge is 0.444 e. The lowest BCUT2D eigenvalue weighted by Gasteiger charge is -2.22. The van der Waals surface area contributed by atoms with Crippen molar-refractivity contribution in [3.63, 3.8) is 0 Å². The molecule has 120 valence electrons. The fourth-order valence-corrected chi connectivity index (χ4v) is 2.30. The number of ketones is 1. The van der Waals surface area contributed by atoms with E-state index < -0.39 is 11.7 Å². The number of likely N-dealkylation sites (tertiary alicyclic amines) is 1. The van der Waals surface area contributed by atoms with E-state index in [9.17, 15) is 9.59 Å². The summed E-state index contributed by atoms with van der Waals surface area (Å²) in [5.41, 5.74) is -0.143. The van der Waals surface area contributed by atoms with Crippen molar-refractivity contribution in [1.82, 2.24) is 20.2 Å². The Hall–Kier alpha value is -2.02. The van der Waals surface area contributed by atoms with E-state index in [2.05, 4.69) is 15.3 Å². The molecule has 0 aromatic carbocycles. The molecule has 2 rings (SSSR count). The van der Waals surface area contributed by atoms with Gasteiger partial charge in [-0.05, 0) is 27.2 Å². The number of nitrogens with one attached hydrogen (secondary N) is 1. The van der Waals surface area contributed by atoms with Crippen molar-refractivity contribution in [2.75, 3.05) is 19.6 Å². The zero-order valence-electron chi connectivity index (χ0n) is 13.2. The second-order valence-corrected chi connectivity index (χ2v) is 6.38. The van der Waals surface area contributed by atoms with Crippen LogP contribution in [0.25, 0.3) is 0 Å². The normalized spacial score (nSPS) is 19.0. The first kappa shape index (κ1) is 16.4. The number of hydrogen-bond acceptors (Lipinski definition) is 6. The molecule has 22 heavy (non-hydrogen) atoms. The van der Waals surface area contributed by atoms with Gasteiger partial charge in [-0.1, -0.05) is 0 Å². The molecule has 1 unspecified atom stereocenters. The van der Waals surface area contributed by atoms with E-state index in [4.69, 9.17) is 4.74 Å². The average Bonchev–Trinajstić information content (AvgIpc) is 2.84. The Morgan fingerprint density at radius 1 is 1.41 bits per heavy atom. The maximum absolute atomic E-state index is 12.1. The third kappa shape index (κ3) is 5.07. The van der Waals surface area contributed by atoms with Crippen molar-refractivity contribution < 1.29 is 14.3 Å². The molecule has 0 bridgehead atoms. The maximum atomic E-state index is 12.1. The highest BCUT2D eigenvalue weighted by Gasteiger charge is 2.27. The van der Waals surface area contributed by atoms with E-state index in [1.165, 1.54) is 18.6 Å². The smallest absolute Gasteiger partial charge is 0.407 e. The lowest BCUT2D eigenvalue weighted by molar-refractivity contribution is 0.0506. The lowest BCUT2D eigenvalue weighted by Crippen LogP contribution is -2.41. The molecule has 1 N–H and O–H groups in total. The van der Waals surface area contributed by atoms with Gasteiger partial charge < -0.3 is 10.1 Å². The summed E-state index contributed by atoms with van der Waals surface area (Å²) in [5.74, 6) is -0.0639. The fraction of sp³-hybridized carbons (Fsp3) is 0.600. The SMILES string of the molecule is CC(C)(C)OC(=O)NC1CCN(CC(=O)c2cnccn2)C1. The average molecular weight is 306 g/mol. The Balaban J connectivity index is 1.78. The molecule has 7 nitrogen and oxygen atoms in total. The summed E-state index contributed by atoms with van der Waals surface area (Å²) in [6.45, 7) is 7.15. The Bertz CT molecular complexity index is 527. The first-order valence-electron chi connectivity index (χ1n) is 7.34. The molecule has 1 aliphatic heterocycles. The van der Waals surface area contributed by atoms with Gasteiger partial charge >= 0.3 is 6.09 Å². The molecular weight excluding hydrogens is 284 g/mol. The van der Waals surface area contributed by atoms with Crippen molar-refractivity contribution in [1.29, 1.82) is 0 Å². The first-order valence-corrected chi connectivity index (χ1v) is 7.34. The van der Waals surface area contributed by atoms with Crippen molar-refractivity contribution >= 4 is 11.9 Å². The Morgan fingerprint density at radius 3 is 2.82 bits per heavy atom. The third-order valence-electron chi connectivity index (χ3n) is 3.21. The predicted octanol–water partition coefficient (Wildman–Crippen LogP) is 1.26. The van der Waals surface area contributed by atoms with Crippen LogP contribution in [0.3, 0.4) is 0 Å². The Kier molecular flexibility index (Phi) is 5.07. The number of alkyl carbamates (subject to hydrolysis) is 1. The van der Waals surface area contributed by atoms with Crippen LogP contribution in [0.15, 0.2) is 18.6 Å². The molecule has 1 amide bonds. The van der Waals surface area contributed by atoms with Gasteiger partial charge in [-0.15, -0.1) is 0 Å². The minimum atomic E-state index is -0.510. The van der Waals surface area contributed by atoms with Gasteiger partial charge in [0.1, 0.15) is 11.3 Å². The molecule has 1 fully saturated rings. The highest BCUT2D eigenvalue weighted by Crippen LogP contribution is 2.12. The van der Waals surface area contributed by atoms with Gasteiger partial charge in [-0.25, -0.2) is 9.78 Å². The summed E-state index contributed by atoms with van der Waals surface area (Å²) in [6, 6.07) is 0.00417. The van der Waals surface area contributed by atoms with E-state index in [0.717, 1.165) is 13.0 Å². The maximum Gasteiger partial charge on any atom is 0.407 e. The van der Waals surface area contributed by atoms with Crippen LogP contribution >= 0.6 is 0 Å². The Labute approximate surface area is 130 Å². The number of hydrogen-bond donors (Lipinski definition) is 1. The summed E-state index contributed by atoms with van der Waals surface area (Å²) in [6.07, 6.45) is 4.89. The van der Waals surface area contributed by atoms with Crippen LogP contribution in [0.5, 0.6) is 0 Å². The van der Waals surface area contributed by atoms with Crippen LogP contribution in [0.4, 0.5) is 4.79 Å². The third-order valence-corrected chi connectivity index (χ3v) is 3.21. The molecule has 1 saturated heterocycles. The zero-order valence-corrected chi connectivity index (χ0v) is 13.2. The van der Waals surface area contributed by atoms with Crippen LogP contribution in [0, 0.1) is 0 Å². The molecule has 1 aliphatic rings.